The summed E-state index contributed by atoms with van der Waals surface area (Å²) in [5.74, 6) is 1.62. The van der Waals surface area contributed by atoms with Crippen molar-refractivity contribution in [3.8, 4) is 62.1 Å². The predicted octanol–water partition coefficient (Wildman–Crippen LogP) is 19.6. The van der Waals surface area contributed by atoms with Crippen molar-refractivity contribution in [2.45, 2.75) is 105 Å². The van der Waals surface area contributed by atoms with Gasteiger partial charge in [0, 0.05) is 23.0 Å². The molecule has 0 atom stereocenters. The van der Waals surface area contributed by atoms with Gasteiger partial charge in [-0.15, -0.1) is 0 Å². The van der Waals surface area contributed by atoms with Gasteiger partial charge in [0.2, 0.25) is 0 Å². The Balaban J connectivity index is 1.10. The largest absolute Gasteiger partial charge is 0.458 e. The molecule has 14 rings (SSSR count). The van der Waals surface area contributed by atoms with Gasteiger partial charge in [-0.1, -0.05) is 295 Å². The minimum atomic E-state index is -6.21. The lowest BCUT2D eigenvalue weighted by Gasteiger charge is -2.34. The zero-order chi connectivity index (χ0) is 81.8. The minimum Gasteiger partial charge on any atom is -0.458 e. The second-order valence-corrected chi connectivity index (χ2v) is 31.6. The van der Waals surface area contributed by atoms with Crippen LogP contribution in [0.4, 0.5) is 0 Å². The van der Waals surface area contributed by atoms with Crippen LogP contribution >= 0.6 is 0 Å². The molecule has 6 heteroatoms. The molecule has 11 aromatic carbocycles. The van der Waals surface area contributed by atoms with E-state index in [1.807, 2.05) is 83.6 Å². The van der Waals surface area contributed by atoms with E-state index in [1.54, 1.807) is 22.8 Å². The van der Waals surface area contributed by atoms with Crippen LogP contribution in [0.25, 0.3) is 83.4 Å². The van der Waals surface area contributed by atoms with Crippen molar-refractivity contribution in [3.05, 3.63) is 307 Å². The molecule has 94 heavy (non-hydrogen) atoms. The monoisotopic (exact) mass is 1260 g/mol. The van der Waals surface area contributed by atoms with E-state index < -0.39 is 149 Å². The van der Waals surface area contributed by atoms with Crippen LogP contribution in [-0.4, -0.2) is 22.2 Å². The van der Waals surface area contributed by atoms with E-state index in [1.165, 1.54) is 0 Å². The number of hydrogen-bond acceptors (Lipinski definition) is 2. The maximum absolute atomic E-state index is 10.9. The highest BCUT2D eigenvalue weighted by atomic mass is 28.3. The van der Waals surface area contributed by atoms with Gasteiger partial charge >= 0.3 is 0 Å². The zero-order valence-electron chi connectivity index (χ0n) is 73.8. The highest BCUT2D eigenvalue weighted by molar-refractivity contribution is 7.19. The molecule has 5 nitrogen and oxygen atoms in total. The first-order valence-corrected chi connectivity index (χ1v) is 33.5. The molecular formula is C88H82N4OSi. The first-order chi connectivity index (χ1) is 53.0. The Hall–Kier alpha value is -10.1. The summed E-state index contributed by atoms with van der Waals surface area (Å²) in [4.78, 5) is 4.91. The van der Waals surface area contributed by atoms with Crippen LogP contribution in [0.15, 0.2) is 279 Å². The third-order valence-corrected chi connectivity index (χ3v) is 21.6. The summed E-state index contributed by atoms with van der Waals surface area (Å²) in [6.45, 7) is 26.0. The lowest BCUT2D eigenvalue weighted by molar-refractivity contribution is -0.571. The van der Waals surface area contributed by atoms with Crippen molar-refractivity contribution in [2.75, 3.05) is 0 Å². The number of pyridine rings is 1. The highest BCUT2D eigenvalue weighted by Gasteiger charge is 2.41. The fourth-order valence-corrected chi connectivity index (χ4v) is 16.1. The number of ether oxygens (including phenoxy) is 1. The Morgan fingerprint density at radius 3 is 1.63 bits per heavy atom. The van der Waals surface area contributed by atoms with Crippen LogP contribution in [-0.2, 0) is 21.7 Å². The first kappa shape index (κ1) is 42.9. The number of fused-ring (bicyclic) bond motifs is 4. The summed E-state index contributed by atoms with van der Waals surface area (Å²) < 4.78 is 194. The lowest BCUT2D eigenvalue weighted by atomic mass is 9.78. The van der Waals surface area contributed by atoms with Gasteiger partial charge in [0.1, 0.15) is 17.3 Å². The van der Waals surface area contributed by atoms with Gasteiger partial charge in [0.25, 0.3) is 6.33 Å². The summed E-state index contributed by atoms with van der Waals surface area (Å²) in [5.41, 5.74) is 10.1. The van der Waals surface area contributed by atoms with Crippen molar-refractivity contribution < 1.29 is 35.3 Å². The lowest BCUT2D eigenvalue weighted by Crippen LogP contribution is -2.74. The zero-order valence-corrected chi connectivity index (χ0v) is 55.8. The quantitative estimate of drug-likeness (QED) is 0.0529. The molecule has 0 amide bonds. The van der Waals surface area contributed by atoms with Gasteiger partial charge in [0.15, 0.2) is 8.07 Å². The standard InChI is InChI=1S/C88H82N4OSi/c1-85(2,3)64-30-24-29-62(50-64)75-41-27-42-76(63-51-66(87(7,8)9)55-67(52-63)88(10,11)12)84(75)91-59-90(68-31-26-32-69(57-68)93-70-45-46-78-77-40-22-23-43-79(77)92(81(78)58-70)83-56-65(48-49-89-83)86(4,5)6)82-54-61(44-47-80(82)91)60-28-25-39-74(53-60)94(71-33-16-13-17-34-71,72-35-18-14-19-36-72)73-37-20-15-21-38-73/h13-58H,1-12H3/i13D,14D,15D,16D,17D,18D,19D,20D,21D,25D,28D,33D,34D,35D,36D,37D,38D,39D,53D. The predicted molar refractivity (Wildman–Crippen MR) is 397 cm³/mol. The van der Waals surface area contributed by atoms with Gasteiger partial charge in [0.05, 0.1) is 59.5 Å². The van der Waals surface area contributed by atoms with Crippen LogP contribution in [0.5, 0.6) is 11.5 Å². The van der Waals surface area contributed by atoms with E-state index in [-0.39, 0.29) is 27.2 Å². The third-order valence-electron chi connectivity index (χ3n) is 17.6. The van der Waals surface area contributed by atoms with E-state index >= 15 is 0 Å². The minimum absolute atomic E-state index is 0.00839. The third kappa shape index (κ3) is 11.4. The van der Waals surface area contributed by atoms with E-state index in [2.05, 4.69) is 161 Å². The van der Waals surface area contributed by atoms with Crippen molar-refractivity contribution >= 4 is 61.7 Å². The molecule has 0 saturated heterocycles. The van der Waals surface area contributed by atoms with Gasteiger partial charge in [-0.2, -0.15) is 0 Å². The Labute approximate surface area is 583 Å². The number of rotatable bonds is 12. The average molecular weight is 1260 g/mol. The molecule has 0 aliphatic heterocycles. The van der Waals surface area contributed by atoms with Crippen LogP contribution in [0.2, 0.25) is 0 Å². The average Bonchev–Trinajstić information content (AvgIpc) is 1.18. The van der Waals surface area contributed by atoms with Crippen molar-refractivity contribution in [1.29, 1.82) is 0 Å². The summed E-state index contributed by atoms with van der Waals surface area (Å²) >= 11 is 0. The second-order valence-electron chi connectivity index (χ2n) is 28.1. The molecule has 0 aliphatic carbocycles. The molecule has 3 heterocycles. The molecule has 0 spiro atoms. The van der Waals surface area contributed by atoms with Gasteiger partial charge in [-0.05, 0) is 153 Å². The van der Waals surface area contributed by atoms with E-state index in [0.29, 0.717) is 33.9 Å². The molecule has 3 aromatic heterocycles. The Kier molecular flexibility index (Phi) is 10.8. The molecule has 0 bridgehead atoms. The van der Waals surface area contributed by atoms with Crippen molar-refractivity contribution in [3.63, 3.8) is 0 Å². The Bertz CT molecular complexity index is 6070. The molecule has 0 saturated carbocycles. The number of para-hydroxylation sites is 2. The highest BCUT2D eigenvalue weighted by Crippen LogP contribution is 2.42. The van der Waals surface area contributed by atoms with E-state index in [9.17, 15) is 21.9 Å². The second kappa shape index (κ2) is 23.8. The molecule has 14 aromatic rings. The summed E-state index contributed by atoms with van der Waals surface area (Å²) in [6.07, 6.45) is 5.62. The smallest absolute Gasteiger partial charge is 0.269 e. The van der Waals surface area contributed by atoms with Crippen molar-refractivity contribution in [2.24, 2.45) is 0 Å². The normalized spacial score (nSPS) is 15.3. The number of aromatic nitrogens is 4. The number of nitrogens with zero attached hydrogens (tertiary/aromatic N) is 4. The molecule has 0 unspecified atom stereocenters. The maximum Gasteiger partial charge on any atom is 0.269 e. The summed E-state index contributed by atoms with van der Waals surface area (Å²) in [6, 6.07) is 32.3. The molecule has 0 radical (unpaired) electrons. The summed E-state index contributed by atoms with van der Waals surface area (Å²) in [5, 5.41) is -1.71. The SMILES string of the molecule is [2H]c1c([2H])c([2H])c([Si](c2c([2H])c([2H])c([2H])c([2H])c2[2H])(c2c([2H])c([2H])c([2H])c([2H])c2[2H])c2c([2H])c([2H])c([2H])c(-c3ccc4c(c3)n(-c3cccc(Oc5ccc6c7ccccc7n(-c7cc(C(C)(C)C)ccn7)c6c5)c3)[c-][n+]4-c3c(-c4cccc(C(C)(C)C)c4)cccc3-c3cc(C(C)(C)C)cc(C(C)(C)C)c3)c2[2H])c([2H])c1[2H]. The fourth-order valence-electron chi connectivity index (χ4n) is 12.5. The Morgan fingerprint density at radius 1 is 0.415 bits per heavy atom. The van der Waals surface area contributed by atoms with Gasteiger partial charge in [-0.3, -0.25) is 13.7 Å². The van der Waals surface area contributed by atoms with Crippen LogP contribution in [0, 0.1) is 6.33 Å². The molecule has 464 valence electrons. The first-order valence-electron chi connectivity index (χ1n) is 41.0. The molecular weight excluding hydrogens is 1160 g/mol. The number of benzene rings is 11. The molecule has 0 aliphatic rings. The summed E-state index contributed by atoms with van der Waals surface area (Å²) in [7, 11) is -6.21. The van der Waals surface area contributed by atoms with Crippen LogP contribution < -0.4 is 30.1 Å². The van der Waals surface area contributed by atoms with E-state index in [4.69, 9.17) is 13.8 Å². The molecule has 0 fully saturated rings. The van der Waals surface area contributed by atoms with Crippen molar-refractivity contribution in [1.82, 2.24) is 14.1 Å². The van der Waals surface area contributed by atoms with Gasteiger partial charge < -0.3 is 4.74 Å². The topological polar surface area (TPSA) is 35.9 Å². The fraction of sp³-hybridized carbons (Fsp3) is 0.182. The van der Waals surface area contributed by atoms with E-state index in [0.717, 1.165) is 72.1 Å². The number of hydrogen-bond donors (Lipinski definition) is 0. The Morgan fingerprint density at radius 2 is 0.979 bits per heavy atom. The molecule has 0 N–H and O–H groups in total. The van der Waals surface area contributed by atoms with Crippen LogP contribution in [0.1, 0.15) is 131 Å². The maximum atomic E-state index is 10.9. The van der Waals surface area contributed by atoms with Crippen LogP contribution in [0.3, 0.4) is 0 Å². The number of imidazole rings is 1. The van der Waals surface area contributed by atoms with Gasteiger partial charge in [-0.25, -0.2) is 4.98 Å².